The van der Waals surface area contributed by atoms with Crippen molar-refractivity contribution in [3.8, 4) is 10.6 Å². The molecule has 0 fully saturated rings. The maximum Gasteiger partial charge on any atom is 0.381 e. The number of nitro groups is 1. The quantitative estimate of drug-likeness (QED) is 0.548. The van der Waals surface area contributed by atoms with Crippen molar-refractivity contribution in [3.05, 3.63) is 63.8 Å². The smallest absolute Gasteiger partial charge is 0.358 e. The molecule has 3 aromatic rings. The molecule has 2 aromatic heterocycles. The Morgan fingerprint density at radius 3 is 2.90 bits per heavy atom. The maximum atomic E-state index is 13.7. The van der Waals surface area contributed by atoms with Crippen molar-refractivity contribution in [2.45, 2.75) is 6.54 Å². The van der Waals surface area contributed by atoms with Gasteiger partial charge in [0.2, 0.25) is 6.33 Å². The molecule has 8 heteroatoms. The SMILES string of the molecule is O=[N+]([O-])c1cn(Cc2csc(-c3ccccc3F)n2)cn1. The summed E-state index contributed by atoms with van der Waals surface area (Å²) >= 11 is 1.33. The van der Waals surface area contributed by atoms with Gasteiger partial charge in [-0.15, -0.1) is 11.3 Å². The van der Waals surface area contributed by atoms with Crippen LogP contribution in [0.2, 0.25) is 0 Å². The molecule has 2 heterocycles. The van der Waals surface area contributed by atoms with Crippen molar-refractivity contribution in [2.75, 3.05) is 0 Å². The summed E-state index contributed by atoms with van der Waals surface area (Å²) in [4.78, 5) is 18.0. The minimum Gasteiger partial charge on any atom is -0.358 e. The lowest BCUT2D eigenvalue weighted by molar-refractivity contribution is -0.389. The van der Waals surface area contributed by atoms with Crippen LogP contribution in [-0.4, -0.2) is 19.5 Å². The van der Waals surface area contributed by atoms with Crippen LogP contribution in [0.1, 0.15) is 5.69 Å². The molecule has 0 radical (unpaired) electrons. The van der Waals surface area contributed by atoms with Crippen LogP contribution in [0.15, 0.2) is 42.2 Å². The summed E-state index contributed by atoms with van der Waals surface area (Å²) in [6.45, 7) is 0.353. The van der Waals surface area contributed by atoms with Crippen molar-refractivity contribution < 1.29 is 9.31 Å². The molecule has 0 unspecified atom stereocenters. The number of thiazole rings is 1. The van der Waals surface area contributed by atoms with E-state index < -0.39 is 4.92 Å². The third-order valence-electron chi connectivity index (χ3n) is 2.81. The van der Waals surface area contributed by atoms with Gasteiger partial charge < -0.3 is 14.7 Å². The lowest BCUT2D eigenvalue weighted by atomic mass is 10.2. The molecule has 6 nitrogen and oxygen atoms in total. The second kappa shape index (κ2) is 5.41. The maximum absolute atomic E-state index is 13.7. The molecular formula is C13H9FN4O2S. The highest BCUT2D eigenvalue weighted by molar-refractivity contribution is 7.13. The van der Waals surface area contributed by atoms with Crippen molar-refractivity contribution in [1.29, 1.82) is 0 Å². The van der Waals surface area contributed by atoms with Crippen molar-refractivity contribution in [3.63, 3.8) is 0 Å². The number of aromatic nitrogens is 3. The summed E-state index contributed by atoms with van der Waals surface area (Å²) < 4.78 is 15.2. The van der Waals surface area contributed by atoms with Crippen LogP contribution in [-0.2, 0) is 6.54 Å². The van der Waals surface area contributed by atoms with Gasteiger partial charge in [0.25, 0.3) is 0 Å². The zero-order valence-corrected chi connectivity index (χ0v) is 11.5. The molecular weight excluding hydrogens is 295 g/mol. The number of hydrogen-bond donors (Lipinski definition) is 0. The molecule has 1 aromatic carbocycles. The van der Waals surface area contributed by atoms with Crippen LogP contribution < -0.4 is 0 Å². The average molecular weight is 304 g/mol. The molecule has 0 amide bonds. The third-order valence-corrected chi connectivity index (χ3v) is 3.73. The predicted octanol–water partition coefficient (Wildman–Crippen LogP) is 3.10. The summed E-state index contributed by atoms with van der Waals surface area (Å²) in [6.07, 6.45) is 2.71. The van der Waals surface area contributed by atoms with Gasteiger partial charge in [-0.2, -0.15) is 0 Å². The van der Waals surface area contributed by atoms with Crippen LogP contribution >= 0.6 is 11.3 Å². The van der Waals surface area contributed by atoms with Crippen molar-refractivity contribution >= 4 is 17.2 Å². The molecule has 106 valence electrons. The van der Waals surface area contributed by atoms with E-state index in [2.05, 4.69) is 9.97 Å². The monoisotopic (exact) mass is 304 g/mol. The van der Waals surface area contributed by atoms with Gasteiger partial charge in [-0.25, -0.2) is 9.37 Å². The van der Waals surface area contributed by atoms with Gasteiger partial charge in [-0.1, -0.05) is 12.1 Å². The largest absolute Gasteiger partial charge is 0.381 e. The fourth-order valence-electron chi connectivity index (χ4n) is 1.85. The fraction of sp³-hybridized carbons (Fsp3) is 0.0769. The van der Waals surface area contributed by atoms with Crippen LogP contribution in [0.5, 0.6) is 0 Å². The Balaban J connectivity index is 1.82. The predicted molar refractivity (Wildman–Crippen MR) is 75.5 cm³/mol. The van der Waals surface area contributed by atoms with E-state index >= 15 is 0 Å². The second-order valence-corrected chi connectivity index (χ2v) is 5.14. The summed E-state index contributed by atoms with van der Waals surface area (Å²) in [5.41, 5.74) is 1.15. The Morgan fingerprint density at radius 2 is 2.19 bits per heavy atom. The van der Waals surface area contributed by atoms with Crippen molar-refractivity contribution in [2.24, 2.45) is 0 Å². The minimum absolute atomic E-state index is 0.209. The number of imidazole rings is 1. The molecule has 0 saturated carbocycles. The molecule has 0 spiro atoms. The number of rotatable bonds is 4. The zero-order chi connectivity index (χ0) is 14.8. The minimum atomic E-state index is -0.553. The molecule has 0 aliphatic rings. The van der Waals surface area contributed by atoms with Gasteiger partial charge in [-0.05, 0) is 22.0 Å². The number of nitrogens with zero attached hydrogens (tertiary/aromatic N) is 4. The number of halogens is 1. The van der Waals surface area contributed by atoms with Gasteiger partial charge in [0.15, 0.2) is 0 Å². The second-order valence-electron chi connectivity index (χ2n) is 4.29. The standard InChI is InChI=1S/C13H9FN4O2S/c14-11-4-2-1-3-10(11)13-16-9(7-21-13)5-17-6-12(15-8-17)18(19)20/h1-4,6-8H,5H2. The number of benzene rings is 1. The molecule has 0 aliphatic carbocycles. The molecule has 0 atom stereocenters. The first kappa shape index (κ1) is 13.4. The van der Waals surface area contributed by atoms with E-state index in [-0.39, 0.29) is 11.6 Å². The molecule has 0 saturated heterocycles. The first-order chi connectivity index (χ1) is 10.1. The Hall–Kier alpha value is -2.61. The highest BCUT2D eigenvalue weighted by Gasteiger charge is 2.12. The molecule has 3 rings (SSSR count). The Bertz CT molecular complexity index is 799. The Labute approximate surface area is 122 Å². The van der Waals surface area contributed by atoms with Crippen LogP contribution in [0.3, 0.4) is 0 Å². The van der Waals surface area contributed by atoms with E-state index in [1.807, 2.05) is 0 Å². The lowest BCUT2D eigenvalue weighted by Crippen LogP contribution is -1.97. The fourth-order valence-corrected chi connectivity index (χ4v) is 2.69. The van der Waals surface area contributed by atoms with Gasteiger partial charge >= 0.3 is 5.82 Å². The van der Waals surface area contributed by atoms with E-state index in [0.29, 0.717) is 22.8 Å². The van der Waals surface area contributed by atoms with E-state index in [0.717, 1.165) is 0 Å². The highest BCUT2D eigenvalue weighted by Crippen LogP contribution is 2.26. The van der Waals surface area contributed by atoms with Gasteiger partial charge in [0.05, 0.1) is 12.2 Å². The van der Waals surface area contributed by atoms with E-state index in [4.69, 9.17) is 0 Å². The van der Waals surface area contributed by atoms with Crippen LogP contribution in [0.4, 0.5) is 10.2 Å². The summed E-state index contributed by atoms with van der Waals surface area (Å²) in [5, 5.41) is 12.9. The molecule has 21 heavy (non-hydrogen) atoms. The summed E-state index contributed by atoms with van der Waals surface area (Å²) in [7, 11) is 0. The Morgan fingerprint density at radius 1 is 1.38 bits per heavy atom. The third kappa shape index (κ3) is 2.79. The zero-order valence-electron chi connectivity index (χ0n) is 10.6. The highest BCUT2D eigenvalue weighted by atomic mass is 32.1. The lowest BCUT2D eigenvalue weighted by Gasteiger charge is -1.98. The van der Waals surface area contributed by atoms with Gasteiger partial charge in [0.1, 0.15) is 17.0 Å². The van der Waals surface area contributed by atoms with E-state index in [1.54, 1.807) is 28.1 Å². The van der Waals surface area contributed by atoms with Gasteiger partial charge in [-0.3, -0.25) is 0 Å². The Kier molecular flexibility index (Phi) is 3.44. The average Bonchev–Trinajstić information content (AvgIpc) is 3.09. The molecule has 0 bridgehead atoms. The molecule has 0 aliphatic heterocycles. The van der Waals surface area contributed by atoms with E-state index in [9.17, 15) is 14.5 Å². The number of hydrogen-bond acceptors (Lipinski definition) is 5. The topological polar surface area (TPSA) is 73.8 Å². The normalized spacial score (nSPS) is 10.7. The van der Waals surface area contributed by atoms with E-state index in [1.165, 1.54) is 29.9 Å². The van der Waals surface area contributed by atoms with Crippen molar-refractivity contribution in [1.82, 2.24) is 14.5 Å². The van der Waals surface area contributed by atoms with Crippen LogP contribution in [0.25, 0.3) is 10.6 Å². The summed E-state index contributed by atoms with van der Waals surface area (Å²) in [5.74, 6) is -0.531. The van der Waals surface area contributed by atoms with Crippen LogP contribution in [0, 0.1) is 15.9 Å². The first-order valence-electron chi connectivity index (χ1n) is 5.99. The first-order valence-corrected chi connectivity index (χ1v) is 6.87. The summed E-state index contributed by atoms with van der Waals surface area (Å²) in [6, 6.07) is 6.42. The van der Waals surface area contributed by atoms with Gasteiger partial charge in [0, 0.05) is 10.9 Å². The molecule has 0 N–H and O–H groups in total.